The van der Waals surface area contributed by atoms with Gasteiger partial charge in [-0.3, -0.25) is 4.79 Å². The van der Waals surface area contributed by atoms with Crippen molar-refractivity contribution in [1.82, 2.24) is 5.32 Å². The molecule has 0 radical (unpaired) electrons. The first-order valence-corrected chi connectivity index (χ1v) is 7.36. The normalized spacial score (nSPS) is 13.6. The van der Waals surface area contributed by atoms with Crippen molar-refractivity contribution in [2.75, 3.05) is 11.9 Å². The van der Waals surface area contributed by atoms with Crippen LogP contribution in [0.2, 0.25) is 0 Å². The summed E-state index contributed by atoms with van der Waals surface area (Å²) in [6.07, 6.45) is 1.15. The fraction of sp³-hybridized carbons (Fsp3) is 0.353. The average molecular weight is 302 g/mol. The molecule has 0 aliphatic carbocycles. The van der Waals surface area contributed by atoms with Gasteiger partial charge in [0.05, 0.1) is 6.26 Å². The number of anilines is 1. The van der Waals surface area contributed by atoms with Gasteiger partial charge in [0.15, 0.2) is 0 Å². The van der Waals surface area contributed by atoms with Gasteiger partial charge in [-0.15, -0.1) is 0 Å². The van der Waals surface area contributed by atoms with Gasteiger partial charge >= 0.3 is 0 Å². The number of para-hydroxylation sites is 1. The Morgan fingerprint density at radius 1 is 1.27 bits per heavy atom. The second-order valence-electron chi connectivity index (χ2n) is 5.41. The van der Waals surface area contributed by atoms with Crippen molar-refractivity contribution < 1.29 is 14.3 Å². The zero-order valence-electron chi connectivity index (χ0n) is 12.9. The number of carbonyl (C=O) groups is 1. The molecule has 0 aliphatic heterocycles. The number of hydrogen-bond donors (Lipinski definition) is 3. The predicted octanol–water partition coefficient (Wildman–Crippen LogP) is 2.63. The molecule has 0 saturated carbocycles. The summed E-state index contributed by atoms with van der Waals surface area (Å²) in [5, 5.41) is 15.9. The van der Waals surface area contributed by atoms with Crippen LogP contribution in [-0.2, 0) is 4.79 Å². The van der Waals surface area contributed by atoms with Gasteiger partial charge in [0.25, 0.3) is 0 Å². The highest BCUT2D eigenvalue weighted by Gasteiger charge is 2.14. The number of aliphatic hydroxyl groups excluding tert-OH is 1. The van der Waals surface area contributed by atoms with Crippen molar-refractivity contribution in [3.8, 4) is 0 Å². The average Bonchev–Trinajstić information content (AvgIpc) is 3.01. The molecule has 22 heavy (non-hydrogen) atoms. The van der Waals surface area contributed by atoms with Crippen LogP contribution in [0.4, 0.5) is 5.69 Å². The Hall–Kier alpha value is -2.11. The third-order valence-corrected chi connectivity index (χ3v) is 3.44. The highest BCUT2D eigenvalue weighted by molar-refractivity contribution is 5.91. The summed E-state index contributed by atoms with van der Waals surface area (Å²) in [5.41, 5.74) is 1.86. The van der Waals surface area contributed by atoms with E-state index in [0.29, 0.717) is 18.7 Å². The van der Waals surface area contributed by atoms with Crippen molar-refractivity contribution in [2.45, 2.75) is 32.4 Å². The number of amides is 1. The molecule has 3 N–H and O–H groups in total. The minimum atomic E-state index is -0.711. The summed E-state index contributed by atoms with van der Waals surface area (Å²) in [5.74, 6) is 0.464. The van der Waals surface area contributed by atoms with Gasteiger partial charge in [0.2, 0.25) is 5.91 Å². The zero-order chi connectivity index (χ0) is 15.9. The van der Waals surface area contributed by atoms with E-state index < -0.39 is 6.10 Å². The first kappa shape index (κ1) is 16.3. The molecule has 5 heteroatoms. The molecule has 2 rings (SSSR count). The van der Waals surface area contributed by atoms with E-state index >= 15 is 0 Å². The highest BCUT2D eigenvalue weighted by Crippen LogP contribution is 2.14. The maximum atomic E-state index is 12.0. The van der Waals surface area contributed by atoms with Crippen molar-refractivity contribution in [1.29, 1.82) is 0 Å². The number of aliphatic hydroxyl groups is 1. The number of hydrogen-bond acceptors (Lipinski definition) is 4. The zero-order valence-corrected chi connectivity index (χ0v) is 12.9. The lowest BCUT2D eigenvalue weighted by atomic mass is 10.1. The molecule has 5 nitrogen and oxygen atoms in total. The molecule has 0 aliphatic rings. The highest BCUT2D eigenvalue weighted by atomic mass is 16.4. The number of benzene rings is 1. The molecule has 2 unspecified atom stereocenters. The van der Waals surface area contributed by atoms with E-state index in [1.54, 1.807) is 12.1 Å². The van der Waals surface area contributed by atoms with Gasteiger partial charge < -0.3 is 20.2 Å². The summed E-state index contributed by atoms with van der Waals surface area (Å²) in [6.45, 7) is 4.20. The molecule has 0 saturated heterocycles. The first-order chi connectivity index (χ1) is 10.6. The molecule has 118 valence electrons. The van der Waals surface area contributed by atoms with Crippen LogP contribution < -0.4 is 10.6 Å². The van der Waals surface area contributed by atoms with Gasteiger partial charge in [-0.05, 0) is 37.6 Å². The second kappa shape index (κ2) is 7.77. The van der Waals surface area contributed by atoms with Crippen LogP contribution in [0.3, 0.4) is 0 Å². The van der Waals surface area contributed by atoms with Crippen molar-refractivity contribution in [3.63, 3.8) is 0 Å². The SMILES string of the molecule is Cc1ccccc1NC(=O)CC(C)NCC(O)c1ccco1. The molecule has 1 heterocycles. The maximum Gasteiger partial charge on any atom is 0.225 e. The van der Waals surface area contributed by atoms with E-state index in [9.17, 15) is 9.90 Å². The topological polar surface area (TPSA) is 74.5 Å². The number of rotatable bonds is 7. The van der Waals surface area contributed by atoms with Gasteiger partial charge in [-0.25, -0.2) is 0 Å². The summed E-state index contributed by atoms with van der Waals surface area (Å²) in [4.78, 5) is 12.0. The van der Waals surface area contributed by atoms with Crippen LogP contribution in [0, 0.1) is 6.92 Å². The third-order valence-electron chi connectivity index (χ3n) is 3.44. The molecule has 1 amide bonds. The third kappa shape index (κ3) is 4.72. The predicted molar refractivity (Wildman–Crippen MR) is 85.6 cm³/mol. The Balaban J connectivity index is 1.76. The molecular weight excluding hydrogens is 280 g/mol. The van der Waals surface area contributed by atoms with Gasteiger partial charge in [-0.2, -0.15) is 0 Å². The number of furan rings is 1. The molecule has 0 fully saturated rings. The van der Waals surface area contributed by atoms with E-state index in [0.717, 1.165) is 11.3 Å². The Labute approximate surface area is 130 Å². The minimum Gasteiger partial charge on any atom is -0.467 e. The Bertz CT molecular complexity index is 596. The molecule has 2 atom stereocenters. The standard InChI is InChI=1S/C17H22N2O3/c1-12-6-3-4-7-14(12)19-17(21)10-13(2)18-11-15(20)16-8-5-9-22-16/h3-9,13,15,18,20H,10-11H2,1-2H3,(H,19,21). The lowest BCUT2D eigenvalue weighted by Gasteiger charge is -2.16. The molecule has 1 aromatic heterocycles. The summed E-state index contributed by atoms with van der Waals surface area (Å²) >= 11 is 0. The number of carbonyl (C=O) groups excluding carboxylic acids is 1. The van der Waals surface area contributed by atoms with Crippen LogP contribution in [-0.4, -0.2) is 23.6 Å². The van der Waals surface area contributed by atoms with E-state index in [1.807, 2.05) is 38.1 Å². The van der Waals surface area contributed by atoms with Crippen LogP contribution in [0.15, 0.2) is 47.1 Å². The monoisotopic (exact) mass is 302 g/mol. The maximum absolute atomic E-state index is 12.0. The minimum absolute atomic E-state index is 0.0476. The van der Waals surface area contributed by atoms with Crippen LogP contribution in [0.25, 0.3) is 0 Å². The Morgan fingerprint density at radius 3 is 2.73 bits per heavy atom. The summed E-state index contributed by atoms with van der Waals surface area (Å²) in [7, 11) is 0. The largest absolute Gasteiger partial charge is 0.467 e. The van der Waals surface area contributed by atoms with Crippen molar-refractivity contribution in [2.24, 2.45) is 0 Å². The molecule has 1 aromatic carbocycles. The van der Waals surface area contributed by atoms with E-state index in [2.05, 4.69) is 10.6 Å². The molecule has 0 bridgehead atoms. The quantitative estimate of drug-likeness (QED) is 0.735. The smallest absolute Gasteiger partial charge is 0.225 e. The van der Waals surface area contributed by atoms with Crippen LogP contribution in [0.1, 0.15) is 30.8 Å². The fourth-order valence-electron chi connectivity index (χ4n) is 2.16. The summed E-state index contributed by atoms with van der Waals surface area (Å²) < 4.78 is 5.13. The van der Waals surface area contributed by atoms with Crippen LogP contribution in [0.5, 0.6) is 0 Å². The van der Waals surface area contributed by atoms with E-state index in [1.165, 1.54) is 6.26 Å². The molecular formula is C17H22N2O3. The number of aryl methyl sites for hydroxylation is 1. The molecule has 2 aromatic rings. The Kier molecular flexibility index (Phi) is 5.75. The van der Waals surface area contributed by atoms with Crippen molar-refractivity contribution >= 4 is 11.6 Å². The number of nitrogens with one attached hydrogen (secondary N) is 2. The lowest BCUT2D eigenvalue weighted by Crippen LogP contribution is -2.33. The van der Waals surface area contributed by atoms with Crippen molar-refractivity contribution in [3.05, 3.63) is 54.0 Å². The van der Waals surface area contributed by atoms with E-state index in [-0.39, 0.29) is 11.9 Å². The second-order valence-corrected chi connectivity index (χ2v) is 5.41. The van der Waals surface area contributed by atoms with Gasteiger partial charge in [-0.1, -0.05) is 18.2 Å². The lowest BCUT2D eigenvalue weighted by molar-refractivity contribution is -0.116. The summed E-state index contributed by atoms with van der Waals surface area (Å²) in [6, 6.07) is 11.1. The fourth-order valence-corrected chi connectivity index (χ4v) is 2.16. The van der Waals surface area contributed by atoms with E-state index in [4.69, 9.17) is 4.42 Å². The Morgan fingerprint density at radius 2 is 2.05 bits per heavy atom. The molecule has 0 spiro atoms. The first-order valence-electron chi connectivity index (χ1n) is 7.36. The van der Waals surface area contributed by atoms with Gasteiger partial charge in [0, 0.05) is 24.7 Å². The van der Waals surface area contributed by atoms with Crippen LogP contribution >= 0.6 is 0 Å². The van der Waals surface area contributed by atoms with Gasteiger partial charge in [0.1, 0.15) is 11.9 Å².